The number of aryl methyl sites for hydroxylation is 1. The van der Waals surface area contributed by atoms with Crippen molar-refractivity contribution < 1.29 is 14.3 Å². The molecule has 0 aliphatic heterocycles. The van der Waals surface area contributed by atoms with Crippen LogP contribution < -0.4 is 10.1 Å². The molecule has 2 aromatic carbocycles. The Morgan fingerprint density at radius 1 is 1.22 bits per heavy atom. The summed E-state index contributed by atoms with van der Waals surface area (Å²) >= 11 is 9.45. The first-order chi connectivity index (χ1) is 12.8. The summed E-state index contributed by atoms with van der Waals surface area (Å²) in [5.74, 6) is -0.126. The summed E-state index contributed by atoms with van der Waals surface area (Å²) in [6.07, 6.45) is 0. The van der Waals surface area contributed by atoms with Gasteiger partial charge in [0.15, 0.2) is 6.61 Å². The number of carbonyl (C=O) groups is 2. The molecule has 0 radical (unpaired) electrons. The standard InChI is InChI=1S/C20H22BrClN2O3/c1-13-4-6-15(7-5-13)11-24(14(2)20(26)23-3)19(25)12-27-18-9-8-16(21)10-17(18)22/h4-10,14H,11-12H2,1-3H3,(H,23,26)/t14-/m1/s1. The topological polar surface area (TPSA) is 58.6 Å². The van der Waals surface area contributed by atoms with Gasteiger partial charge in [-0.1, -0.05) is 57.4 Å². The van der Waals surface area contributed by atoms with Gasteiger partial charge in [-0.3, -0.25) is 9.59 Å². The van der Waals surface area contributed by atoms with Crippen LogP contribution in [0.15, 0.2) is 46.9 Å². The van der Waals surface area contributed by atoms with Gasteiger partial charge in [-0.15, -0.1) is 0 Å². The van der Waals surface area contributed by atoms with Crippen LogP contribution >= 0.6 is 27.5 Å². The molecule has 7 heteroatoms. The zero-order valence-corrected chi connectivity index (χ0v) is 17.8. The third-order valence-corrected chi connectivity index (χ3v) is 4.92. The Labute approximate surface area is 172 Å². The number of benzene rings is 2. The van der Waals surface area contributed by atoms with Gasteiger partial charge in [0.05, 0.1) is 5.02 Å². The minimum absolute atomic E-state index is 0.214. The minimum atomic E-state index is -0.632. The van der Waals surface area contributed by atoms with E-state index in [1.807, 2.05) is 31.2 Å². The van der Waals surface area contributed by atoms with Crippen molar-refractivity contribution in [2.75, 3.05) is 13.7 Å². The molecule has 0 bridgehead atoms. The van der Waals surface area contributed by atoms with E-state index in [0.29, 0.717) is 17.3 Å². The van der Waals surface area contributed by atoms with Crippen molar-refractivity contribution >= 4 is 39.3 Å². The van der Waals surface area contributed by atoms with Crippen LogP contribution in [-0.2, 0) is 16.1 Å². The Morgan fingerprint density at radius 3 is 2.48 bits per heavy atom. The Bertz CT molecular complexity index is 811. The highest BCUT2D eigenvalue weighted by molar-refractivity contribution is 9.10. The van der Waals surface area contributed by atoms with E-state index in [1.165, 1.54) is 4.90 Å². The minimum Gasteiger partial charge on any atom is -0.482 e. The Hall–Kier alpha value is -2.05. The number of halogens is 2. The third-order valence-electron chi connectivity index (χ3n) is 4.13. The molecule has 0 aliphatic carbocycles. The molecule has 144 valence electrons. The summed E-state index contributed by atoms with van der Waals surface area (Å²) in [4.78, 5) is 26.4. The molecule has 0 unspecified atom stereocenters. The zero-order chi connectivity index (χ0) is 20.0. The van der Waals surface area contributed by atoms with Crippen LogP contribution in [0.25, 0.3) is 0 Å². The van der Waals surface area contributed by atoms with Crippen molar-refractivity contribution in [3.8, 4) is 5.75 Å². The second-order valence-corrected chi connectivity index (χ2v) is 7.48. The van der Waals surface area contributed by atoms with E-state index < -0.39 is 6.04 Å². The molecule has 0 heterocycles. The number of amides is 2. The molecule has 27 heavy (non-hydrogen) atoms. The molecule has 2 rings (SSSR count). The van der Waals surface area contributed by atoms with Crippen LogP contribution in [-0.4, -0.2) is 36.4 Å². The van der Waals surface area contributed by atoms with E-state index in [-0.39, 0.29) is 18.4 Å². The molecule has 0 aromatic heterocycles. The molecular weight excluding hydrogens is 432 g/mol. The summed E-state index contributed by atoms with van der Waals surface area (Å²) in [6, 6.07) is 12.4. The van der Waals surface area contributed by atoms with Crippen molar-refractivity contribution in [1.82, 2.24) is 10.2 Å². The van der Waals surface area contributed by atoms with Gasteiger partial charge in [-0.25, -0.2) is 0 Å². The monoisotopic (exact) mass is 452 g/mol. The van der Waals surface area contributed by atoms with Crippen LogP contribution in [0.5, 0.6) is 5.75 Å². The molecule has 1 N–H and O–H groups in total. The normalized spacial score (nSPS) is 11.6. The van der Waals surface area contributed by atoms with E-state index >= 15 is 0 Å². The van der Waals surface area contributed by atoms with E-state index in [2.05, 4.69) is 21.2 Å². The van der Waals surface area contributed by atoms with Gasteiger partial charge < -0.3 is 15.0 Å². The average Bonchev–Trinajstić information content (AvgIpc) is 2.65. The molecule has 0 saturated carbocycles. The quantitative estimate of drug-likeness (QED) is 0.690. The number of nitrogens with one attached hydrogen (secondary N) is 1. The van der Waals surface area contributed by atoms with Gasteiger partial charge in [0.1, 0.15) is 11.8 Å². The van der Waals surface area contributed by atoms with Crippen LogP contribution in [0.3, 0.4) is 0 Å². The number of carbonyl (C=O) groups excluding carboxylic acids is 2. The SMILES string of the molecule is CNC(=O)[C@@H](C)N(Cc1ccc(C)cc1)C(=O)COc1ccc(Br)cc1Cl. The fourth-order valence-electron chi connectivity index (χ4n) is 2.50. The number of likely N-dealkylation sites (N-methyl/N-ethyl adjacent to an activating group) is 1. The van der Waals surface area contributed by atoms with Crippen LogP contribution in [0.1, 0.15) is 18.1 Å². The smallest absolute Gasteiger partial charge is 0.261 e. The number of hydrogen-bond acceptors (Lipinski definition) is 3. The fraction of sp³-hybridized carbons (Fsp3) is 0.300. The maximum Gasteiger partial charge on any atom is 0.261 e. The molecule has 5 nitrogen and oxygen atoms in total. The number of ether oxygens (including phenoxy) is 1. The first kappa shape index (κ1) is 21.3. The highest BCUT2D eigenvalue weighted by atomic mass is 79.9. The lowest BCUT2D eigenvalue weighted by atomic mass is 10.1. The molecule has 0 saturated heterocycles. The summed E-state index contributed by atoms with van der Waals surface area (Å²) in [7, 11) is 1.55. The number of rotatable bonds is 7. The van der Waals surface area contributed by atoms with Gasteiger partial charge >= 0.3 is 0 Å². The Kier molecular flexibility index (Phi) is 7.68. The summed E-state index contributed by atoms with van der Waals surface area (Å²) in [6.45, 7) is 3.78. The third kappa shape index (κ3) is 5.97. The molecule has 0 aliphatic rings. The van der Waals surface area contributed by atoms with Gasteiger partial charge in [0.2, 0.25) is 5.91 Å². The van der Waals surface area contributed by atoms with Crippen LogP contribution in [0.2, 0.25) is 5.02 Å². The fourth-order valence-corrected chi connectivity index (χ4v) is 3.22. The second kappa shape index (κ2) is 9.76. The van der Waals surface area contributed by atoms with E-state index in [9.17, 15) is 9.59 Å². The Balaban J connectivity index is 2.14. The van der Waals surface area contributed by atoms with E-state index in [4.69, 9.17) is 16.3 Å². The van der Waals surface area contributed by atoms with Crippen molar-refractivity contribution in [3.63, 3.8) is 0 Å². The first-order valence-corrected chi connectivity index (χ1v) is 9.63. The van der Waals surface area contributed by atoms with Gasteiger partial charge in [-0.05, 0) is 37.6 Å². The second-order valence-electron chi connectivity index (χ2n) is 6.16. The summed E-state index contributed by atoms with van der Waals surface area (Å²) in [5, 5.41) is 2.99. The summed E-state index contributed by atoms with van der Waals surface area (Å²) < 4.78 is 6.40. The van der Waals surface area contributed by atoms with Crippen molar-refractivity contribution in [2.24, 2.45) is 0 Å². The lowest BCUT2D eigenvalue weighted by Gasteiger charge is -2.28. The zero-order valence-electron chi connectivity index (χ0n) is 15.5. The molecule has 1 atom stereocenters. The summed E-state index contributed by atoms with van der Waals surface area (Å²) in [5.41, 5.74) is 2.07. The maximum absolute atomic E-state index is 12.8. The van der Waals surface area contributed by atoms with Crippen molar-refractivity contribution in [3.05, 3.63) is 63.1 Å². The number of hydrogen-bond donors (Lipinski definition) is 1. The molecule has 2 aromatic rings. The van der Waals surface area contributed by atoms with Gasteiger partial charge in [0.25, 0.3) is 5.91 Å². The van der Waals surface area contributed by atoms with E-state index in [1.54, 1.807) is 32.2 Å². The molecular formula is C20H22BrClN2O3. The van der Waals surface area contributed by atoms with E-state index in [0.717, 1.165) is 15.6 Å². The average molecular weight is 454 g/mol. The first-order valence-electron chi connectivity index (χ1n) is 8.46. The van der Waals surface area contributed by atoms with Crippen LogP contribution in [0.4, 0.5) is 0 Å². The van der Waals surface area contributed by atoms with Gasteiger partial charge in [-0.2, -0.15) is 0 Å². The predicted molar refractivity (Wildman–Crippen MR) is 110 cm³/mol. The van der Waals surface area contributed by atoms with Gasteiger partial charge in [0, 0.05) is 18.1 Å². The largest absolute Gasteiger partial charge is 0.482 e. The lowest BCUT2D eigenvalue weighted by Crippen LogP contribution is -2.48. The highest BCUT2D eigenvalue weighted by Crippen LogP contribution is 2.27. The molecule has 2 amide bonds. The van der Waals surface area contributed by atoms with Crippen LogP contribution in [0, 0.1) is 6.92 Å². The molecule has 0 fully saturated rings. The van der Waals surface area contributed by atoms with Crippen molar-refractivity contribution in [2.45, 2.75) is 26.4 Å². The maximum atomic E-state index is 12.8. The van der Waals surface area contributed by atoms with Crippen molar-refractivity contribution in [1.29, 1.82) is 0 Å². The Morgan fingerprint density at radius 2 is 1.89 bits per heavy atom. The highest BCUT2D eigenvalue weighted by Gasteiger charge is 2.26. The molecule has 0 spiro atoms. The number of nitrogens with zero attached hydrogens (tertiary/aromatic N) is 1. The lowest BCUT2D eigenvalue weighted by molar-refractivity contribution is -0.142. The predicted octanol–water partition coefficient (Wildman–Crippen LogP) is 3.95.